The lowest BCUT2D eigenvalue weighted by atomic mass is 9.91. The Morgan fingerprint density at radius 2 is 1.60 bits per heavy atom. The minimum Gasteiger partial charge on any atom is -0.343 e. The van der Waals surface area contributed by atoms with Gasteiger partial charge < -0.3 is 9.80 Å². The second kappa shape index (κ2) is 8.48. The topological polar surface area (TPSA) is 47.1 Å². The van der Waals surface area contributed by atoms with Crippen LogP contribution in [0.2, 0.25) is 5.02 Å². The largest absolute Gasteiger partial charge is 0.343 e. The molecule has 2 amide bonds. The van der Waals surface area contributed by atoms with Crippen LogP contribution >= 0.6 is 11.6 Å². The molecule has 3 aliphatic rings. The smallest absolute Gasteiger partial charge is 0.253 e. The highest BCUT2D eigenvalue weighted by Crippen LogP contribution is 2.31. The number of hydrogen-bond acceptors (Lipinski definition) is 4. The van der Waals surface area contributed by atoms with Gasteiger partial charge in [0.15, 0.2) is 0 Å². The summed E-state index contributed by atoms with van der Waals surface area (Å²) in [6.07, 6.45) is 2.09. The number of hydrogen-bond donors (Lipinski definition) is 0. The Kier molecular flexibility index (Phi) is 6.11. The van der Waals surface area contributed by atoms with Crippen LogP contribution in [0.25, 0.3) is 0 Å². The minimum atomic E-state index is -0.0465. The van der Waals surface area contributed by atoms with E-state index in [-0.39, 0.29) is 17.4 Å². The van der Waals surface area contributed by atoms with Crippen molar-refractivity contribution in [3.63, 3.8) is 0 Å². The van der Waals surface area contributed by atoms with Crippen LogP contribution < -0.4 is 0 Å². The molecule has 3 saturated heterocycles. The van der Waals surface area contributed by atoms with Crippen LogP contribution in [0.4, 0.5) is 0 Å². The van der Waals surface area contributed by atoms with Crippen LogP contribution in [0.1, 0.15) is 44.0 Å². The van der Waals surface area contributed by atoms with Gasteiger partial charge in [-0.25, -0.2) is 0 Å². The van der Waals surface area contributed by atoms with E-state index in [4.69, 9.17) is 11.6 Å². The maximum absolute atomic E-state index is 13.2. The quantitative estimate of drug-likeness (QED) is 0.720. The fourth-order valence-electron chi connectivity index (χ4n) is 5.52. The number of benzene rings is 1. The van der Waals surface area contributed by atoms with Gasteiger partial charge in [0.25, 0.3) is 5.91 Å². The summed E-state index contributed by atoms with van der Waals surface area (Å²) in [4.78, 5) is 34.0. The van der Waals surface area contributed by atoms with Gasteiger partial charge in [-0.1, -0.05) is 11.6 Å². The molecule has 7 heteroatoms. The van der Waals surface area contributed by atoms with Crippen molar-refractivity contribution in [3.05, 3.63) is 34.9 Å². The molecule has 3 aliphatic heterocycles. The first-order valence-electron chi connectivity index (χ1n) is 11.1. The van der Waals surface area contributed by atoms with E-state index >= 15 is 0 Å². The highest BCUT2D eigenvalue weighted by atomic mass is 35.5. The van der Waals surface area contributed by atoms with Crippen LogP contribution in [0.15, 0.2) is 24.3 Å². The Balaban J connectivity index is 1.43. The van der Waals surface area contributed by atoms with E-state index in [0.717, 1.165) is 58.7 Å². The van der Waals surface area contributed by atoms with E-state index in [0.29, 0.717) is 22.7 Å². The van der Waals surface area contributed by atoms with Crippen LogP contribution in [-0.4, -0.2) is 94.8 Å². The van der Waals surface area contributed by atoms with E-state index in [1.165, 1.54) is 0 Å². The number of amides is 2. The molecule has 0 saturated carbocycles. The molecule has 0 spiro atoms. The van der Waals surface area contributed by atoms with Crippen LogP contribution in [0.5, 0.6) is 0 Å². The van der Waals surface area contributed by atoms with E-state index in [2.05, 4.69) is 23.6 Å². The second-order valence-electron chi connectivity index (χ2n) is 9.58. The molecule has 0 aliphatic carbocycles. The van der Waals surface area contributed by atoms with Gasteiger partial charge in [0, 0.05) is 80.9 Å². The standard InChI is InChI=1S/C23H33ClN4O2/c1-17(29)25-10-8-20(9-11-25)26-12-13-28-21(14-26)15-27(16-23(28,2)3)22(30)18-4-6-19(24)7-5-18/h4-7,20-21H,8-16H2,1-3H3/t21-/m0/s1. The molecule has 30 heavy (non-hydrogen) atoms. The number of fused-ring (bicyclic) bond motifs is 1. The lowest BCUT2D eigenvalue weighted by Crippen LogP contribution is -2.71. The van der Waals surface area contributed by atoms with Gasteiger partial charge in [0.1, 0.15) is 0 Å². The summed E-state index contributed by atoms with van der Waals surface area (Å²) in [5.74, 6) is 0.273. The van der Waals surface area contributed by atoms with Gasteiger partial charge in [0.05, 0.1) is 0 Å². The third kappa shape index (κ3) is 4.36. The fraction of sp³-hybridized carbons (Fsp3) is 0.652. The van der Waals surface area contributed by atoms with Crippen molar-refractivity contribution >= 4 is 23.4 Å². The molecule has 0 bridgehead atoms. The molecule has 1 aromatic rings. The summed E-state index contributed by atoms with van der Waals surface area (Å²) in [5.41, 5.74) is 0.655. The van der Waals surface area contributed by atoms with E-state index in [1.807, 2.05) is 21.9 Å². The number of piperazine rings is 2. The van der Waals surface area contributed by atoms with Crippen molar-refractivity contribution in [2.24, 2.45) is 0 Å². The molecule has 3 fully saturated rings. The third-order valence-electron chi connectivity index (χ3n) is 7.11. The molecule has 3 heterocycles. The molecule has 6 nitrogen and oxygen atoms in total. The maximum atomic E-state index is 13.2. The van der Waals surface area contributed by atoms with Crippen molar-refractivity contribution in [1.82, 2.24) is 19.6 Å². The molecular weight excluding hydrogens is 400 g/mol. The summed E-state index contributed by atoms with van der Waals surface area (Å²) in [6, 6.07) is 8.08. The third-order valence-corrected chi connectivity index (χ3v) is 7.36. The number of halogens is 1. The average Bonchev–Trinajstić information content (AvgIpc) is 2.73. The van der Waals surface area contributed by atoms with Gasteiger partial charge >= 0.3 is 0 Å². The zero-order valence-corrected chi connectivity index (χ0v) is 19.1. The summed E-state index contributed by atoms with van der Waals surface area (Å²) in [7, 11) is 0. The molecule has 0 radical (unpaired) electrons. The highest BCUT2D eigenvalue weighted by molar-refractivity contribution is 6.30. The summed E-state index contributed by atoms with van der Waals surface area (Å²) in [6.45, 7) is 12.5. The van der Waals surface area contributed by atoms with Crippen LogP contribution in [-0.2, 0) is 4.79 Å². The molecule has 0 unspecified atom stereocenters. The summed E-state index contributed by atoms with van der Waals surface area (Å²) in [5, 5.41) is 0.649. The maximum Gasteiger partial charge on any atom is 0.253 e. The number of nitrogens with zero attached hydrogens (tertiary/aromatic N) is 4. The Hall–Kier alpha value is -1.63. The molecule has 4 rings (SSSR count). The Morgan fingerprint density at radius 1 is 0.933 bits per heavy atom. The van der Waals surface area contributed by atoms with Crippen molar-refractivity contribution in [2.75, 3.05) is 45.8 Å². The minimum absolute atomic E-state index is 0.0465. The van der Waals surface area contributed by atoms with E-state index < -0.39 is 0 Å². The van der Waals surface area contributed by atoms with Gasteiger partial charge in [-0.3, -0.25) is 19.4 Å². The monoisotopic (exact) mass is 432 g/mol. The summed E-state index contributed by atoms with van der Waals surface area (Å²) >= 11 is 6.00. The van der Waals surface area contributed by atoms with Gasteiger partial charge in [-0.05, 0) is 51.0 Å². The summed E-state index contributed by atoms with van der Waals surface area (Å²) < 4.78 is 0. The molecule has 1 atom stereocenters. The number of carbonyl (C=O) groups excluding carboxylic acids is 2. The Bertz CT molecular complexity index is 789. The predicted molar refractivity (Wildman–Crippen MR) is 119 cm³/mol. The number of carbonyl (C=O) groups is 2. The molecular formula is C23H33ClN4O2. The first-order valence-corrected chi connectivity index (χ1v) is 11.4. The number of piperidine rings is 1. The zero-order valence-electron chi connectivity index (χ0n) is 18.3. The van der Waals surface area contributed by atoms with Crippen molar-refractivity contribution in [3.8, 4) is 0 Å². The molecule has 0 N–H and O–H groups in total. The molecule has 0 aromatic heterocycles. The normalized spacial score (nSPS) is 25.8. The first kappa shape index (κ1) is 21.6. The number of rotatable bonds is 2. The first-order chi connectivity index (χ1) is 14.2. The van der Waals surface area contributed by atoms with E-state index in [1.54, 1.807) is 19.1 Å². The van der Waals surface area contributed by atoms with Crippen molar-refractivity contribution in [2.45, 2.75) is 51.2 Å². The van der Waals surface area contributed by atoms with Gasteiger partial charge in [-0.2, -0.15) is 0 Å². The van der Waals surface area contributed by atoms with E-state index in [9.17, 15) is 9.59 Å². The van der Waals surface area contributed by atoms with Gasteiger partial charge in [-0.15, -0.1) is 0 Å². The average molecular weight is 433 g/mol. The molecule has 1 aromatic carbocycles. The van der Waals surface area contributed by atoms with Crippen LogP contribution in [0.3, 0.4) is 0 Å². The van der Waals surface area contributed by atoms with Crippen molar-refractivity contribution in [1.29, 1.82) is 0 Å². The highest BCUT2D eigenvalue weighted by Gasteiger charge is 2.45. The van der Waals surface area contributed by atoms with Crippen molar-refractivity contribution < 1.29 is 9.59 Å². The number of likely N-dealkylation sites (tertiary alicyclic amines) is 1. The lowest BCUT2D eigenvalue weighted by Gasteiger charge is -2.56. The fourth-order valence-corrected chi connectivity index (χ4v) is 5.64. The lowest BCUT2D eigenvalue weighted by molar-refractivity contribution is -0.130. The van der Waals surface area contributed by atoms with Gasteiger partial charge in [0.2, 0.25) is 5.91 Å². The Morgan fingerprint density at radius 3 is 2.23 bits per heavy atom. The second-order valence-corrected chi connectivity index (χ2v) is 10.0. The van der Waals surface area contributed by atoms with Crippen LogP contribution in [0, 0.1) is 0 Å². The zero-order chi connectivity index (χ0) is 21.5. The predicted octanol–water partition coefficient (Wildman–Crippen LogP) is 2.57. The molecule has 164 valence electrons. The SMILES string of the molecule is CC(=O)N1CCC(N2CCN3[C@H](CN(C(=O)c4ccc(Cl)cc4)CC3(C)C)C2)CC1. The Labute approximate surface area is 184 Å².